The molecule has 0 fully saturated rings. The molecular weight excluding hydrogens is 152 g/mol. The van der Waals surface area contributed by atoms with Gasteiger partial charge in [-0.05, 0) is 19.9 Å². The largest absolute Gasteiger partial charge is 0.388 e. The molecule has 4 nitrogen and oxygen atoms in total. The normalized spacial score (nSPS) is 12.8. The smallest absolute Gasteiger partial charge is 0.0926 e. The first-order valence-electron chi connectivity index (χ1n) is 3.94. The fourth-order valence-electron chi connectivity index (χ4n) is 1.09. The number of aromatic nitrogens is 2. The average Bonchev–Trinajstić information content (AvgIpc) is 2.34. The van der Waals surface area contributed by atoms with E-state index in [4.69, 9.17) is 11.1 Å². The van der Waals surface area contributed by atoms with Crippen LogP contribution in [0.1, 0.15) is 25.1 Å². The zero-order chi connectivity index (χ0) is 9.14. The molecule has 1 unspecified atom stereocenters. The molecule has 1 rings (SSSR count). The molecule has 66 valence electrons. The molecule has 1 aromatic heterocycles. The molecule has 0 amide bonds. The number of hydrogen-bond donors (Lipinski definition) is 2. The molecule has 1 atom stereocenters. The number of aryl methyl sites for hydroxylation is 1. The molecule has 0 radical (unpaired) electrons. The molecule has 0 bridgehead atoms. The summed E-state index contributed by atoms with van der Waals surface area (Å²) in [7, 11) is 0. The van der Waals surface area contributed by atoms with Crippen LogP contribution in [-0.4, -0.2) is 15.6 Å². The molecule has 1 aromatic rings. The minimum atomic E-state index is 0.177. The summed E-state index contributed by atoms with van der Waals surface area (Å²) in [6.45, 7) is 3.94. The van der Waals surface area contributed by atoms with Crippen molar-refractivity contribution in [1.82, 2.24) is 9.78 Å². The molecule has 4 heteroatoms. The van der Waals surface area contributed by atoms with E-state index in [0.717, 1.165) is 5.69 Å². The Kier molecular flexibility index (Phi) is 2.47. The van der Waals surface area contributed by atoms with Crippen molar-refractivity contribution in [3.63, 3.8) is 0 Å². The minimum absolute atomic E-state index is 0.177. The van der Waals surface area contributed by atoms with E-state index in [1.165, 1.54) is 0 Å². The van der Waals surface area contributed by atoms with Crippen LogP contribution in [0.15, 0.2) is 12.3 Å². The summed E-state index contributed by atoms with van der Waals surface area (Å²) in [5, 5.41) is 11.3. The van der Waals surface area contributed by atoms with Gasteiger partial charge in [0.05, 0.1) is 17.6 Å². The van der Waals surface area contributed by atoms with Gasteiger partial charge in [0.2, 0.25) is 0 Å². The van der Waals surface area contributed by atoms with Gasteiger partial charge in [-0.1, -0.05) is 0 Å². The Bertz CT molecular complexity index is 276. The van der Waals surface area contributed by atoms with Crippen LogP contribution in [0.25, 0.3) is 0 Å². The lowest BCUT2D eigenvalue weighted by Gasteiger charge is -2.10. The Morgan fingerprint density at radius 1 is 1.83 bits per heavy atom. The van der Waals surface area contributed by atoms with Crippen molar-refractivity contribution < 1.29 is 0 Å². The molecule has 12 heavy (non-hydrogen) atoms. The van der Waals surface area contributed by atoms with Gasteiger partial charge >= 0.3 is 0 Å². The number of amidine groups is 1. The third-order valence-corrected chi connectivity index (χ3v) is 1.71. The molecule has 0 aromatic carbocycles. The van der Waals surface area contributed by atoms with E-state index >= 15 is 0 Å². The van der Waals surface area contributed by atoms with Crippen LogP contribution in [0, 0.1) is 12.3 Å². The first-order valence-corrected chi connectivity index (χ1v) is 3.94. The van der Waals surface area contributed by atoms with Crippen LogP contribution < -0.4 is 5.73 Å². The molecule has 0 saturated heterocycles. The molecule has 0 spiro atoms. The van der Waals surface area contributed by atoms with E-state index < -0.39 is 0 Å². The van der Waals surface area contributed by atoms with Crippen molar-refractivity contribution in [2.45, 2.75) is 26.3 Å². The lowest BCUT2D eigenvalue weighted by molar-refractivity contribution is 0.502. The third kappa shape index (κ3) is 2.08. The summed E-state index contributed by atoms with van der Waals surface area (Å²) >= 11 is 0. The molecule has 0 aliphatic rings. The summed E-state index contributed by atoms with van der Waals surface area (Å²) in [4.78, 5) is 0. The van der Waals surface area contributed by atoms with E-state index in [2.05, 4.69) is 5.10 Å². The Morgan fingerprint density at radius 2 is 2.50 bits per heavy atom. The van der Waals surface area contributed by atoms with Gasteiger partial charge in [0.1, 0.15) is 0 Å². The fourth-order valence-corrected chi connectivity index (χ4v) is 1.09. The lowest BCUT2D eigenvalue weighted by Crippen LogP contribution is -2.17. The Morgan fingerprint density at radius 3 is 2.92 bits per heavy atom. The van der Waals surface area contributed by atoms with E-state index in [9.17, 15) is 0 Å². The minimum Gasteiger partial charge on any atom is -0.388 e. The van der Waals surface area contributed by atoms with Gasteiger partial charge in [-0.15, -0.1) is 0 Å². The summed E-state index contributed by atoms with van der Waals surface area (Å²) in [5.74, 6) is 0.204. The average molecular weight is 166 g/mol. The lowest BCUT2D eigenvalue weighted by atomic mass is 10.2. The van der Waals surface area contributed by atoms with Gasteiger partial charge in [0.15, 0.2) is 0 Å². The SMILES string of the molecule is Cc1ccn(C(C)CC(=N)N)n1. The predicted octanol–water partition coefficient (Wildman–Crippen LogP) is 1.08. The highest BCUT2D eigenvalue weighted by Crippen LogP contribution is 2.08. The van der Waals surface area contributed by atoms with Crippen molar-refractivity contribution in [2.75, 3.05) is 0 Å². The molecule has 3 N–H and O–H groups in total. The van der Waals surface area contributed by atoms with Gasteiger partial charge < -0.3 is 5.73 Å². The second kappa shape index (κ2) is 3.38. The number of nitrogens with two attached hydrogens (primary N) is 1. The molecule has 0 aliphatic carbocycles. The molecular formula is C8H14N4. The third-order valence-electron chi connectivity index (χ3n) is 1.71. The highest BCUT2D eigenvalue weighted by Gasteiger charge is 2.05. The molecule has 0 aliphatic heterocycles. The van der Waals surface area contributed by atoms with Gasteiger partial charge in [-0.2, -0.15) is 5.10 Å². The summed E-state index contributed by atoms with van der Waals surface area (Å²) in [5.41, 5.74) is 6.27. The number of hydrogen-bond acceptors (Lipinski definition) is 2. The van der Waals surface area contributed by atoms with E-state index in [-0.39, 0.29) is 11.9 Å². The van der Waals surface area contributed by atoms with Crippen molar-refractivity contribution in [1.29, 1.82) is 5.41 Å². The number of nitrogens with one attached hydrogen (secondary N) is 1. The topological polar surface area (TPSA) is 67.7 Å². The quantitative estimate of drug-likeness (QED) is 0.521. The van der Waals surface area contributed by atoms with Crippen molar-refractivity contribution in [3.8, 4) is 0 Å². The maximum absolute atomic E-state index is 7.12. The Labute approximate surface area is 71.9 Å². The van der Waals surface area contributed by atoms with Gasteiger partial charge in [0.25, 0.3) is 0 Å². The maximum atomic E-state index is 7.12. The van der Waals surface area contributed by atoms with Crippen LogP contribution in [0.4, 0.5) is 0 Å². The first kappa shape index (κ1) is 8.77. The second-order valence-corrected chi connectivity index (χ2v) is 3.02. The van der Waals surface area contributed by atoms with E-state index in [1.54, 1.807) is 0 Å². The van der Waals surface area contributed by atoms with Gasteiger partial charge in [-0.3, -0.25) is 10.1 Å². The van der Waals surface area contributed by atoms with Crippen LogP contribution in [0.3, 0.4) is 0 Å². The Hall–Kier alpha value is -1.32. The fraction of sp³-hybridized carbons (Fsp3) is 0.500. The van der Waals surface area contributed by atoms with Crippen molar-refractivity contribution >= 4 is 5.84 Å². The van der Waals surface area contributed by atoms with Crippen LogP contribution in [-0.2, 0) is 0 Å². The van der Waals surface area contributed by atoms with Gasteiger partial charge in [0, 0.05) is 12.6 Å². The van der Waals surface area contributed by atoms with E-state index in [1.807, 2.05) is 30.8 Å². The van der Waals surface area contributed by atoms with Crippen LogP contribution >= 0.6 is 0 Å². The highest BCUT2D eigenvalue weighted by molar-refractivity contribution is 5.77. The van der Waals surface area contributed by atoms with Crippen LogP contribution in [0.2, 0.25) is 0 Å². The maximum Gasteiger partial charge on any atom is 0.0926 e. The standard InChI is InChI=1S/C8H14N4/c1-6-3-4-12(11-6)7(2)5-8(9)10/h3-4,7H,5H2,1-2H3,(H3,9,10). The monoisotopic (exact) mass is 166 g/mol. The molecule has 0 saturated carbocycles. The van der Waals surface area contributed by atoms with Crippen LogP contribution in [0.5, 0.6) is 0 Å². The second-order valence-electron chi connectivity index (χ2n) is 3.02. The zero-order valence-electron chi connectivity index (χ0n) is 7.41. The molecule has 1 heterocycles. The van der Waals surface area contributed by atoms with E-state index in [0.29, 0.717) is 6.42 Å². The van der Waals surface area contributed by atoms with Crippen molar-refractivity contribution in [2.24, 2.45) is 5.73 Å². The number of rotatable bonds is 3. The summed E-state index contributed by atoms with van der Waals surface area (Å²) in [6.07, 6.45) is 2.46. The number of nitrogens with zero attached hydrogens (tertiary/aromatic N) is 2. The van der Waals surface area contributed by atoms with Crippen molar-refractivity contribution in [3.05, 3.63) is 18.0 Å². The highest BCUT2D eigenvalue weighted by atomic mass is 15.3. The predicted molar refractivity (Wildman–Crippen MR) is 48.2 cm³/mol. The zero-order valence-corrected chi connectivity index (χ0v) is 7.41. The first-order chi connectivity index (χ1) is 5.59. The summed E-state index contributed by atoms with van der Waals surface area (Å²) < 4.78 is 1.83. The Balaban J connectivity index is 2.64. The van der Waals surface area contributed by atoms with Gasteiger partial charge in [-0.25, -0.2) is 0 Å². The summed E-state index contributed by atoms with van der Waals surface area (Å²) in [6, 6.07) is 2.12.